The van der Waals surface area contributed by atoms with E-state index in [1.54, 1.807) is 0 Å². The number of hydrogen-bond acceptors (Lipinski definition) is 4. The van der Waals surface area contributed by atoms with Crippen molar-refractivity contribution in [3.05, 3.63) is 29.3 Å². The first-order valence-electron chi connectivity index (χ1n) is 6.23. The maximum Gasteiger partial charge on any atom is 0.322 e. The molecule has 4 nitrogen and oxygen atoms in total. The number of nitrogens with two attached hydrogens (primary N) is 1. The molecule has 0 saturated carbocycles. The molecule has 2 N–H and O–H groups in total. The van der Waals surface area contributed by atoms with Crippen molar-refractivity contribution in [1.82, 2.24) is 4.90 Å². The van der Waals surface area contributed by atoms with Crippen molar-refractivity contribution in [2.75, 3.05) is 19.4 Å². The summed E-state index contributed by atoms with van der Waals surface area (Å²) >= 11 is 0. The Hall–Kier alpha value is -1.55. The van der Waals surface area contributed by atoms with Gasteiger partial charge in [0, 0.05) is 18.8 Å². The number of carbonyl (C=O) groups is 1. The number of anilines is 1. The summed E-state index contributed by atoms with van der Waals surface area (Å²) in [4.78, 5) is 13.7. The zero-order valence-electron chi connectivity index (χ0n) is 11.1. The molecule has 0 bridgehead atoms. The summed E-state index contributed by atoms with van der Waals surface area (Å²) in [5, 5.41) is 0. The zero-order chi connectivity index (χ0) is 13.3. The van der Waals surface area contributed by atoms with Crippen molar-refractivity contribution in [2.24, 2.45) is 0 Å². The predicted octanol–water partition coefficient (Wildman–Crippen LogP) is 1.75. The van der Waals surface area contributed by atoms with Gasteiger partial charge in [-0.05, 0) is 30.0 Å². The number of esters is 1. The Morgan fingerprint density at radius 3 is 2.94 bits per heavy atom. The maximum atomic E-state index is 11.6. The van der Waals surface area contributed by atoms with Crippen LogP contribution in [0.1, 0.15) is 30.9 Å². The minimum Gasteiger partial charge on any atom is -0.468 e. The summed E-state index contributed by atoms with van der Waals surface area (Å²) in [7, 11) is 1.43. The Morgan fingerprint density at radius 2 is 2.28 bits per heavy atom. The number of nitrogen functional groups attached to an aromatic ring is 1. The van der Waals surface area contributed by atoms with Gasteiger partial charge in [-0.25, -0.2) is 0 Å². The molecule has 2 rings (SSSR count). The van der Waals surface area contributed by atoms with E-state index in [4.69, 9.17) is 10.5 Å². The fraction of sp³-hybridized carbons (Fsp3) is 0.500. The van der Waals surface area contributed by atoms with Crippen LogP contribution in [0.4, 0.5) is 5.69 Å². The van der Waals surface area contributed by atoms with Gasteiger partial charge < -0.3 is 10.5 Å². The molecular weight excluding hydrogens is 228 g/mol. The van der Waals surface area contributed by atoms with Crippen LogP contribution in [0.15, 0.2) is 18.2 Å². The van der Waals surface area contributed by atoms with Crippen molar-refractivity contribution in [3.8, 4) is 0 Å². The minimum absolute atomic E-state index is 0.186. The van der Waals surface area contributed by atoms with Crippen molar-refractivity contribution in [3.63, 3.8) is 0 Å². The van der Waals surface area contributed by atoms with E-state index >= 15 is 0 Å². The number of fused-ring (bicyclic) bond motifs is 1. The average Bonchev–Trinajstić information content (AvgIpc) is 2.36. The lowest BCUT2D eigenvalue weighted by Gasteiger charge is -2.36. The lowest BCUT2D eigenvalue weighted by Crippen LogP contribution is -2.43. The number of ether oxygens (including phenoxy) is 1. The number of carbonyl (C=O) groups excluding carboxylic acids is 1. The van der Waals surface area contributed by atoms with Gasteiger partial charge in [0.05, 0.1) is 7.11 Å². The van der Waals surface area contributed by atoms with Gasteiger partial charge >= 0.3 is 5.97 Å². The monoisotopic (exact) mass is 248 g/mol. The second-order valence-electron chi connectivity index (χ2n) is 4.95. The normalized spacial score (nSPS) is 21.2. The first kappa shape index (κ1) is 12.9. The van der Waals surface area contributed by atoms with Gasteiger partial charge in [0.2, 0.25) is 0 Å². The summed E-state index contributed by atoms with van der Waals surface area (Å²) in [6.45, 7) is 5.61. The highest BCUT2D eigenvalue weighted by atomic mass is 16.5. The first-order valence-corrected chi connectivity index (χ1v) is 6.23. The molecule has 98 valence electrons. The summed E-state index contributed by atoms with van der Waals surface area (Å²) in [6, 6.07) is 5.77. The van der Waals surface area contributed by atoms with Crippen LogP contribution in [0.2, 0.25) is 0 Å². The fourth-order valence-electron chi connectivity index (χ4n) is 2.71. The van der Waals surface area contributed by atoms with Gasteiger partial charge in [-0.1, -0.05) is 19.1 Å². The van der Waals surface area contributed by atoms with Crippen LogP contribution in [0.5, 0.6) is 0 Å². The summed E-state index contributed by atoms with van der Waals surface area (Å²) in [5.41, 5.74) is 9.32. The van der Waals surface area contributed by atoms with E-state index < -0.39 is 0 Å². The number of hydrogen-bond donors (Lipinski definition) is 1. The second kappa shape index (κ2) is 4.98. The molecule has 1 heterocycles. The van der Waals surface area contributed by atoms with Gasteiger partial charge in [-0.3, -0.25) is 9.69 Å². The smallest absolute Gasteiger partial charge is 0.322 e. The van der Waals surface area contributed by atoms with E-state index in [1.807, 2.05) is 19.1 Å². The van der Waals surface area contributed by atoms with E-state index in [0.717, 1.165) is 18.8 Å². The minimum atomic E-state index is -0.216. The highest BCUT2D eigenvalue weighted by Gasteiger charge is 2.30. The molecule has 1 aliphatic heterocycles. The Labute approximate surface area is 108 Å². The molecule has 0 amide bonds. The van der Waals surface area contributed by atoms with Gasteiger partial charge in [0.15, 0.2) is 0 Å². The van der Waals surface area contributed by atoms with Crippen LogP contribution >= 0.6 is 0 Å². The molecule has 0 spiro atoms. The van der Waals surface area contributed by atoms with Crippen LogP contribution < -0.4 is 5.73 Å². The van der Waals surface area contributed by atoms with Gasteiger partial charge in [-0.2, -0.15) is 0 Å². The molecule has 0 saturated heterocycles. The largest absolute Gasteiger partial charge is 0.468 e. The predicted molar refractivity (Wildman–Crippen MR) is 71.2 cm³/mol. The van der Waals surface area contributed by atoms with E-state index in [9.17, 15) is 4.79 Å². The number of benzene rings is 1. The Balaban J connectivity index is 2.26. The lowest BCUT2D eigenvalue weighted by atomic mass is 9.89. The molecular formula is C14H20N2O2. The Morgan fingerprint density at radius 1 is 1.56 bits per heavy atom. The van der Waals surface area contributed by atoms with Crippen molar-refractivity contribution in [2.45, 2.75) is 32.4 Å². The summed E-state index contributed by atoms with van der Waals surface area (Å²) in [6.07, 6.45) is 0. The number of rotatable bonds is 2. The molecule has 0 radical (unpaired) electrons. The molecule has 2 atom stereocenters. The molecule has 4 heteroatoms. The lowest BCUT2D eigenvalue weighted by molar-refractivity contribution is -0.146. The molecule has 0 aliphatic carbocycles. The van der Waals surface area contributed by atoms with Crippen molar-refractivity contribution >= 4 is 11.7 Å². The van der Waals surface area contributed by atoms with Crippen LogP contribution in [0.3, 0.4) is 0 Å². The Bertz CT molecular complexity index is 459. The molecule has 0 fully saturated rings. The number of nitrogens with zero attached hydrogens (tertiary/aromatic N) is 1. The van der Waals surface area contributed by atoms with Crippen molar-refractivity contribution in [1.29, 1.82) is 0 Å². The standard InChI is InChI=1S/C14H20N2O2/c1-9-7-16(10(2)14(17)18-3)8-11-5-4-6-12(15)13(9)11/h4-6,9-10H,7-8,15H2,1-3H3. The average molecular weight is 248 g/mol. The van der Waals surface area contributed by atoms with Gasteiger partial charge in [0.1, 0.15) is 6.04 Å². The molecule has 0 aromatic heterocycles. The zero-order valence-corrected chi connectivity index (χ0v) is 11.1. The summed E-state index contributed by atoms with van der Waals surface area (Å²) in [5.74, 6) is 0.150. The highest BCUT2D eigenvalue weighted by Crippen LogP contribution is 2.33. The first-order chi connectivity index (χ1) is 8.54. The Kier molecular flexibility index (Phi) is 3.57. The van der Waals surface area contributed by atoms with E-state index in [1.165, 1.54) is 18.2 Å². The van der Waals surface area contributed by atoms with Crippen LogP contribution in [-0.4, -0.2) is 30.6 Å². The molecule has 1 aliphatic rings. The third kappa shape index (κ3) is 2.20. The maximum absolute atomic E-state index is 11.6. The SMILES string of the molecule is COC(=O)C(C)N1Cc2cccc(N)c2C(C)C1. The van der Waals surface area contributed by atoms with Crippen LogP contribution in [0.25, 0.3) is 0 Å². The number of methoxy groups -OCH3 is 1. The summed E-state index contributed by atoms with van der Waals surface area (Å²) < 4.78 is 4.81. The van der Waals surface area contributed by atoms with Crippen LogP contribution in [-0.2, 0) is 16.1 Å². The van der Waals surface area contributed by atoms with E-state index in [2.05, 4.69) is 17.9 Å². The van der Waals surface area contributed by atoms with Crippen molar-refractivity contribution < 1.29 is 9.53 Å². The molecule has 1 aromatic rings. The fourth-order valence-corrected chi connectivity index (χ4v) is 2.71. The van der Waals surface area contributed by atoms with E-state index in [0.29, 0.717) is 5.92 Å². The highest BCUT2D eigenvalue weighted by molar-refractivity contribution is 5.75. The third-order valence-electron chi connectivity index (χ3n) is 3.69. The molecule has 18 heavy (non-hydrogen) atoms. The van der Waals surface area contributed by atoms with Gasteiger partial charge in [0.25, 0.3) is 0 Å². The quantitative estimate of drug-likeness (QED) is 0.640. The van der Waals surface area contributed by atoms with Crippen LogP contribution in [0, 0.1) is 0 Å². The topological polar surface area (TPSA) is 55.6 Å². The molecule has 2 unspecified atom stereocenters. The third-order valence-corrected chi connectivity index (χ3v) is 3.69. The van der Waals surface area contributed by atoms with E-state index in [-0.39, 0.29) is 12.0 Å². The molecule has 1 aromatic carbocycles. The van der Waals surface area contributed by atoms with Gasteiger partial charge in [-0.15, -0.1) is 0 Å². The second-order valence-corrected chi connectivity index (χ2v) is 4.95.